The molecular weight excluding hydrogens is 294 g/mol. The first kappa shape index (κ1) is 18.7. The molecule has 1 aromatic rings. The average Bonchev–Trinajstić information content (AvgIpc) is 2.55. The van der Waals surface area contributed by atoms with E-state index in [1.807, 2.05) is 0 Å². The zero-order chi connectivity index (χ0) is 17.5. The number of nitrogens with zero attached hydrogens (tertiary/aromatic N) is 3. The smallest absolute Gasteiger partial charge is 0.0659 e. The van der Waals surface area contributed by atoms with Crippen LogP contribution in [0, 0.1) is 5.92 Å². The van der Waals surface area contributed by atoms with Crippen molar-refractivity contribution in [3.8, 4) is 0 Å². The van der Waals surface area contributed by atoms with E-state index in [4.69, 9.17) is 5.10 Å². The third-order valence-electron chi connectivity index (χ3n) is 4.74. The van der Waals surface area contributed by atoms with Gasteiger partial charge in [-0.25, -0.2) is 0 Å². The molecule has 2 rings (SSSR count). The van der Waals surface area contributed by atoms with Crippen molar-refractivity contribution in [2.75, 3.05) is 13.6 Å². The molecule has 3 heteroatoms. The highest BCUT2D eigenvalue weighted by Gasteiger charge is 2.27. The quantitative estimate of drug-likeness (QED) is 0.684. The first-order valence-corrected chi connectivity index (χ1v) is 9.22. The molecule has 0 fully saturated rings. The van der Waals surface area contributed by atoms with Crippen LogP contribution in [0.15, 0.2) is 47.6 Å². The second kappa shape index (κ2) is 9.03. The van der Waals surface area contributed by atoms with Crippen LogP contribution in [0.3, 0.4) is 0 Å². The van der Waals surface area contributed by atoms with Gasteiger partial charge in [0.05, 0.1) is 6.04 Å². The lowest BCUT2D eigenvalue weighted by atomic mass is 9.92. The van der Waals surface area contributed by atoms with E-state index in [-0.39, 0.29) is 0 Å². The predicted molar refractivity (Wildman–Crippen MR) is 104 cm³/mol. The molecule has 0 aliphatic carbocycles. The maximum absolute atomic E-state index is 5.01. The van der Waals surface area contributed by atoms with Gasteiger partial charge in [-0.2, -0.15) is 5.10 Å². The van der Waals surface area contributed by atoms with Crippen LogP contribution in [0.1, 0.15) is 46.1 Å². The summed E-state index contributed by atoms with van der Waals surface area (Å²) in [6.07, 6.45) is 6.67. The Kier molecular flexibility index (Phi) is 7.04. The van der Waals surface area contributed by atoms with E-state index >= 15 is 0 Å². The zero-order valence-corrected chi connectivity index (χ0v) is 15.9. The van der Waals surface area contributed by atoms with Crippen molar-refractivity contribution >= 4 is 5.71 Å². The third kappa shape index (κ3) is 5.20. The largest absolute Gasteiger partial charge is 0.302 e. The van der Waals surface area contributed by atoms with E-state index in [1.165, 1.54) is 17.7 Å². The molecule has 2 atom stereocenters. The van der Waals surface area contributed by atoms with E-state index in [2.05, 4.69) is 87.1 Å². The Bertz CT molecular complexity index is 547. The Morgan fingerprint density at radius 2 is 2.00 bits per heavy atom. The molecule has 0 saturated heterocycles. The molecule has 0 spiro atoms. The fourth-order valence-electron chi connectivity index (χ4n) is 3.39. The predicted octanol–water partition coefficient (Wildman–Crippen LogP) is 4.56. The lowest BCUT2D eigenvalue weighted by Gasteiger charge is -2.38. The molecule has 0 radical (unpaired) electrons. The Morgan fingerprint density at radius 3 is 2.62 bits per heavy atom. The molecule has 1 heterocycles. The topological polar surface area (TPSA) is 18.8 Å². The van der Waals surface area contributed by atoms with E-state index in [0.717, 1.165) is 19.5 Å². The molecule has 24 heavy (non-hydrogen) atoms. The second-order valence-electron chi connectivity index (χ2n) is 7.27. The van der Waals surface area contributed by atoms with Gasteiger partial charge in [0.25, 0.3) is 0 Å². The summed E-state index contributed by atoms with van der Waals surface area (Å²) in [4.78, 5) is 2.39. The third-order valence-corrected chi connectivity index (χ3v) is 4.74. The summed E-state index contributed by atoms with van der Waals surface area (Å²) in [6.45, 7) is 10.9. The molecule has 0 bridgehead atoms. The van der Waals surface area contributed by atoms with Crippen molar-refractivity contribution < 1.29 is 0 Å². The molecule has 1 aromatic carbocycles. The zero-order valence-electron chi connectivity index (χ0n) is 15.9. The minimum absolute atomic E-state index is 0.441. The highest BCUT2D eigenvalue weighted by Crippen LogP contribution is 2.25. The van der Waals surface area contributed by atoms with Crippen LogP contribution in [0.4, 0.5) is 0 Å². The lowest BCUT2D eigenvalue weighted by molar-refractivity contribution is 0.159. The van der Waals surface area contributed by atoms with Gasteiger partial charge in [0, 0.05) is 31.3 Å². The highest BCUT2D eigenvalue weighted by molar-refractivity contribution is 5.87. The van der Waals surface area contributed by atoms with Crippen molar-refractivity contribution in [1.82, 2.24) is 9.91 Å². The Balaban J connectivity index is 1.96. The Morgan fingerprint density at radius 1 is 1.29 bits per heavy atom. The van der Waals surface area contributed by atoms with Gasteiger partial charge < -0.3 is 4.90 Å². The molecular formula is C21H33N3. The minimum atomic E-state index is 0.441. The highest BCUT2D eigenvalue weighted by atomic mass is 15.5. The summed E-state index contributed by atoms with van der Waals surface area (Å²) in [5.74, 6) is 0.561. The van der Waals surface area contributed by atoms with Gasteiger partial charge in [0.2, 0.25) is 0 Å². The number of hydrazone groups is 1. The van der Waals surface area contributed by atoms with Gasteiger partial charge in [0.1, 0.15) is 0 Å². The normalized spacial score (nSPS) is 21.8. The molecule has 132 valence electrons. The summed E-state index contributed by atoms with van der Waals surface area (Å²) < 4.78 is 0. The minimum Gasteiger partial charge on any atom is -0.302 e. The van der Waals surface area contributed by atoms with Gasteiger partial charge >= 0.3 is 0 Å². The van der Waals surface area contributed by atoms with Crippen LogP contribution in [-0.4, -0.2) is 41.3 Å². The van der Waals surface area contributed by atoms with Crippen molar-refractivity contribution in [3.63, 3.8) is 0 Å². The molecule has 1 aliphatic rings. The summed E-state index contributed by atoms with van der Waals surface area (Å²) in [5.41, 5.74) is 2.72. The Labute approximate surface area is 148 Å². The molecule has 3 nitrogen and oxygen atoms in total. The van der Waals surface area contributed by atoms with Crippen LogP contribution >= 0.6 is 0 Å². The van der Waals surface area contributed by atoms with Crippen molar-refractivity contribution in [2.45, 2.75) is 59.2 Å². The molecule has 0 aromatic heterocycles. The average molecular weight is 328 g/mol. The maximum Gasteiger partial charge on any atom is 0.0659 e. The van der Waals surface area contributed by atoms with Crippen LogP contribution in [0.5, 0.6) is 0 Å². The Hall–Kier alpha value is -1.61. The summed E-state index contributed by atoms with van der Waals surface area (Å²) in [7, 11) is 2.20. The van der Waals surface area contributed by atoms with E-state index in [9.17, 15) is 0 Å². The monoisotopic (exact) mass is 327 g/mol. The maximum atomic E-state index is 5.01. The summed E-state index contributed by atoms with van der Waals surface area (Å²) >= 11 is 0. The van der Waals surface area contributed by atoms with Crippen LogP contribution in [0.25, 0.3) is 0 Å². The van der Waals surface area contributed by atoms with Crippen molar-refractivity contribution in [3.05, 3.63) is 48.0 Å². The fourth-order valence-corrected chi connectivity index (χ4v) is 3.39. The molecule has 2 unspecified atom stereocenters. The van der Waals surface area contributed by atoms with Gasteiger partial charge in [-0.1, -0.05) is 49.4 Å². The first-order valence-electron chi connectivity index (χ1n) is 9.22. The van der Waals surface area contributed by atoms with Gasteiger partial charge in [-0.05, 0) is 45.7 Å². The number of rotatable bonds is 7. The number of hydrogen-bond donors (Lipinski definition) is 0. The van der Waals surface area contributed by atoms with Crippen molar-refractivity contribution in [2.24, 2.45) is 11.0 Å². The lowest BCUT2D eigenvalue weighted by Crippen LogP contribution is -2.42. The van der Waals surface area contributed by atoms with E-state index in [0.29, 0.717) is 18.0 Å². The second-order valence-corrected chi connectivity index (χ2v) is 7.27. The summed E-state index contributed by atoms with van der Waals surface area (Å²) in [5, 5.41) is 7.30. The van der Waals surface area contributed by atoms with E-state index in [1.54, 1.807) is 0 Å². The number of allylic oxidation sites excluding steroid dienone is 1. The van der Waals surface area contributed by atoms with Crippen LogP contribution < -0.4 is 0 Å². The molecule has 0 amide bonds. The van der Waals surface area contributed by atoms with Crippen LogP contribution in [-0.2, 0) is 6.54 Å². The standard InChI is InChI=1S/C21H33N3/c1-6-10-20-15-18(4)21(22-24(20)17(2)3)13-14-23(5)16-19-11-8-7-9-12-19/h6-12,17-18,20H,13-16H2,1-5H3/b10-6+. The van der Waals surface area contributed by atoms with Gasteiger partial charge in [-0.3, -0.25) is 5.01 Å². The molecule has 0 saturated carbocycles. The first-order chi connectivity index (χ1) is 11.5. The van der Waals surface area contributed by atoms with Crippen molar-refractivity contribution in [1.29, 1.82) is 0 Å². The number of benzene rings is 1. The van der Waals surface area contributed by atoms with E-state index < -0.39 is 0 Å². The summed E-state index contributed by atoms with van der Waals surface area (Å²) in [6, 6.07) is 11.6. The van der Waals surface area contributed by atoms with Gasteiger partial charge in [0.15, 0.2) is 0 Å². The van der Waals surface area contributed by atoms with Crippen LogP contribution in [0.2, 0.25) is 0 Å². The fraction of sp³-hybridized carbons (Fsp3) is 0.571. The SMILES string of the molecule is C/C=C/C1CC(C)C(CCN(C)Cc2ccccc2)=NN1C(C)C. The van der Waals surface area contributed by atoms with Gasteiger partial charge in [-0.15, -0.1) is 0 Å². The molecule has 0 N–H and O–H groups in total. The molecule has 1 aliphatic heterocycles. The number of hydrogen-bond acceptors (Lipinski definition) is 3.